The number of thioether (sulfide) groups is 1. The summed E-state index contributed by atoms with van der Waals surface area (Å²) in [7, 11) is 0. The largest absolute Gasteiger partial charge is 0.345 e. The number of nitrogens with one attached hydrogen (secondary N) is 3. The van der Waals surface area contributed by atoms with Crippen molar-refractivity contribution in [3.05, 3.63) is 106 Å². The number of anilines is 1. The molecule has 1 atom stereocenters. The Morgan fingerprint density at radius 3 is 2.40 bits per heavy atom. The van der Waals surface area contributed by atoms with Crippen LogP contribution in [0, 0.1) is 0 Å². The lowest BCUT2D eigenvalue weighted by Gasteiger charge is -2.19. The van der Waals surface area contributed by atoms with Crippen LogP contribution in [0.4, 0.5) is 5.95 Å². The van der Waals surface area contributed by atoms with Gasteiger partial charge in [-0.2, -0.15) is 4.98 Å². The monoisotopic (exact) mass is 525 g/mol. The maximum Gasteiger partial charge on any atom is 0.253 e. The number of rotatable bonds is 9. The van der Waals surface area contributed by atoms with E-state index in [1.807, 2.05) is 54.6 Å². The van der Waals surface area contributed by atoms with E-state index in [-0.39, 0.29) is 24.2 Å². The number of halogens is 2. The number of H-pyrrole nitrogens is 1. The van der Waals surface area contributed by atoms with Gasteiger partial charge in [-0.3, -0.25) is 14.9 Å². The van der Waals surface area contributed by atoms with E-state index in [1.165, 1.54) is 11.8 Å². The van der Waals surface area contributed by atoms with Crippen molar-refractivity contribution in [3.63, 3.8) is 0 Å². The number of carbonyl (C=O) groups is 2. The smallest absolute Gasteiger partial charge is 0.253 e. The first-order valence-electron chi connectivity index (χ1n) is 10.7. The highest BCUT2D eigenvalue weighted by molar-refractivity contribution is 7.98. The Bertz CT molecular complexity index is 1300. The fourth-order valence-electron chi connectivity index (χ4n) is 3.28. The van der Waals surface area contributed by atoms with Crippen LogP contribution in [0.3, 0.4) is 0 Å². The fraction of sp³-hybridized carbons (Fsp3) is 0.120. The van der Waals surface area contributed by atoms with Crippen LogP contribution in [-0.4, -0.2) is 27.0 Å². The molecule has 4 aromatic rings. The molecule has 0 fully saturated rings. The van der Waals surface area contributed by atoms with Crippen molar-refractivity contribution in [1.82, 2.24) is 20.5 Å². The first-order chi connectivity index (χ1) is 17.0. The highest BCUT2D eigenvalue weighted by Crippen LogP contribution is 2.23. The average molecular weight is 526 g/mol. The normalized spacial score (nSPS) is 11.6. The van der Waals surface area contributed by atoms with Crippen molar-refractivity contribution < 1.29 is 9.59 Å². The van der Waals surface area contributed by atoms with Crippen LogP contribution in [0.1, 0.15) is 33.9 Å². The van der Waals surface area contributed by atoms with Gasteiger partial charge in [0.2, 0.25) is 17.0 Å². The van der Waals surface area contributed by atoms with Gasteiger partial charge >= 0.3 is 0 Å². The molecular weight excluding hydrogens is 505 g/mol. The summed E-state index contributed by atoms with van der Waals surface area (Å²) in [6.07, 6.45) is -0.00580. The number of nitrogens with zero attached hydrogens (tertiary/aromatic N) is 2. The van der Waals surface area contributed by atoms with E-state index in [9.17, 15) is 9.59 Å². The maximum absolute atomic E-state index is 12.8. The molecule has 1 aromatic heterocycles. The molecule has 35 heavy (non-hydrogen) atoms. The second-order valence-electron chi connectivity index (χ2n) is 7.55. The first-order valence-corrected chi connectivity index (χ1v) is 12.4. The molecule has 0 aliphatic rings. The number of hydrogen-bond acceptors (Lipinski definition) is 5. The number of hydrogen-bond donors (Lipinski definition) is 3. The van der Waals surface area contributed by atoms with Crippen LogP contribution >= 0.6 is 35.0 Å². The van der Waals surface area contributed by atoms with E-state index in [2.05, 4.69) is 25.8 Å². The third kappa shape index (κ3) is 7.08. The number of aromatic amines is 1. The lowest BCUT2D eigenvalue weighted by atomic mass is 10.0. The van der Waals surface area contributed by atoms with Gasteiger partial charge < -0.3 is 5.32 Å². The zero-order chi connectivity index (χ0) is 24.6. The standard InChI is InChI=1S/C25H21Cl2N5O2S/c26-18-12-10-16(11-13-18)15-35-25-30-24(31-32-25)29-22(33)14-21(17-6-2-1-3-7-17)28-23(34)19-8-4-5-9-20(19)27/h1-13,21H,14-15H2,(H,28,34)(H2,29,30,31,32,33)/t21-/m1/s1. The van der Waals surface area contributed by atoms with E-state index in [0.29, 0.717) is 26.5 Å². The van der Waals surface area contributed by atoms with Crippen molar-refractivity contribution in [3.8, 4) is 0 Å². The number of aromatic nitrogens is 3. The lowest BCUT2D eigenvalue weighted by Crippen LogP contribution is -2.31. The Labute approximate surface area is 216 Å². The van der Waals surface area contributed by atoms with E-state index in [1.54, 1.807) is 24.3 Å². The van der Waals surface area contributed by atoms with Crippen LogP contribution in [0.2, 0.25) is 10.0 Å². The molecular formula is C25H21Cl2N5O2S. The molecule has 0 saturated carbocycles. The topological polar surface area (TPSA) is 99.8 Å². The van der Waals surface area contributed by atoms with E-state index >= 15 is 0 Å². The van der Waals surface area contributed by atoms with Crippen molar-refractivity contribution in [1.29, 1.82) is 0 Å². The molecule has 3 N–H and O–H groups in total. The summed E-state index contributed by atoms with van der Waals surface area (Å²) in [6, 6.07) is 23.0. The molecule has 2 amide bonds. The summed E-state index contributed by atoms with van der Waals surface area (Å²) in [5.74, 6) is 0.200. The predicted molar refractivity (Wildman–Crippen MR) is 139 cm³/mol. The quantitative estimate of drug-likeness (QED) is 0.236. The van der Waals surface area contributed by atoms with Crippen LogP contribution in [-0.2, 0) is 10.5 Å². The highest BCUT2D eigenvalue weighted by atomic mass is 35.5. The molecule has 7 nitrogen and oxygen atoms in total. The molecule has 1 heterocycles. The second-order valence-corrected chi connectivity index (χ2v) is 9.34. The SMILES string of the molecule is O=C(C[C@@H](NC(=O)c1ccccc1Cl)c1ccccc1)Nc1nc(SCc2ccc(Cl)cc2)n[nH]1. The number of carbonyl (C=O) groups excluding carboxylic acids is 2. The molecule has 0 aliphatic carbocycles. The fourth-order valence-corrected chi connectivity index (χ4v) is 4.38. The van der Waals surface area contributed by atoms with Gasteiger partial charge in [-0.1, -0.05) is 89.6 Å². The summed E-state index contributed by atoms with van der Waals surface area (Å²) >= 11 is 13.5. The molecule has 0 radical (unpaired) electrons. The van der Waals surface area contributed by atoms with Gasteiger partial charge in [-0.05, 0) is 35.4 Å². The Kier molecular flexibility index (Phi) is 8.41. The molecule has 0 aliphatic heterocycles. The average Bonchev–Trinajstić information content (AvgIpc) is 3.31. The van der Waals surface area contributed by atoms with E-state index in [4.69, 9.17) is 23.2 Å². The molecule has 10 heteroatoms. The van der Waals surface area contributed by atoms with Gasteiger partial charge in [0.25, 0.3) is 5.91 Å². The number of benzene rings is 3. The minimum absolute atomic E-state index is 0.00580. The van der Waals surface area contributed by atoms with Gasteiger partial charge in [-0.25, -0.2) is 5.10 Å². The molecule has 0 bridgehead atoms. The van der Waals surface area contributed by atoms with Gasteiger partial charge in [0.05, 0.1) is 23.0 Å². The lowest BCUT2D eigenvalue weighted by molar-refractivity contribution is -0.116. The minimum atomic E-state index is -0.568. The van der Waals surface area contributed by atoms with Crippen LogP contribution < -0.4 is 10.6 Å². The first kappa shape index (κ1) is 24.8. The number of amides is 2. The van der Waals surface area contributed by atoms with Crippen LogP contribution in [0.25, 0.3) is 0 Å². The van der Waals surface area contributed by atoms with E-state index in [0.717, 1.165) is 11.1 Å². The van der Waals surface area contributed by atoms with Crippen molar-refractivity contribution >= 4 is 52.7 Å². The predicted octanol–water partition coefficient (Wildman–Crippen LogP) is 5.90. The third-order valence-electron chi connectivity index (χ3n) is 5.02. The zero-order valence-corrected chi connectivity index (χ0v) is 20.7. The van der Waals surface area contributed by atoms with E-state index < -0.39 is 6.04 Å². The summed E-state index contributed by atoms with van der Waals surface area (Å²) in [6.45, 7) is 0. The Morgan fingerprint density at radius 2 is 1.66 bits per heavy atom. The second kappa shape index (κ2) is 11.9. The summed E-state index contributed by atoms with van der Waals surface area (Å²) in [5.41, 5.74) is 2.21. The van der Waals surface area contributed by atoms with Gasteiger partial charge in [0, 0.05) is 10.8 Å². The Hall–Kier alpha value is -3.33. The molecule has 0 saturated heterocycles. The van der Waals surface area contributed by atoms with Gasteiger partial charge in [0.15, 0.2) is 0 Å². The maximum atomic E-state index is 12.8. The Balaban J connectivity index is 1.38. The van der Waals surface area contributed by atoms with Gasteiger partial charge in [0.1, 0.15) is 0 Å². The Morgan fingerprint density at radius 1 is 0.943 bits per heavy atom. The summed E-state index contributed by atoms with van der Waals surface area (Å²) < 4.78 is 0. The highest BCUT2D eigenvalue weighted by Gasteiger charge is 2.21. The summed E-state index contributed by atoms with van der Waals surface area (Å²) in [5, 5.41) is 14.0. The molecule has 4 rings (SSSR count). The zero-order valence-electron chi connectivity index (χ0n) is 18.4. The van der Waals surface area contributed by atoms with Crippen molar-refractivity contribution in [2.24, 2.45) is 0 Å². The van der Waals surface area contributed by atoms with Crippen LogP contribution in [0.15, 0.2) is 84.0 Å². The molecule has 0 unspecified atom stereocenters. The molecule has 0 spiro atoms. The molecule has 3 aromatic carbocycles. The van der Waals surface area contributed by atoms with Crippen molar-refractivity contribution in [2.45, 2.75) is 23.4 Å². The third-order valence-corrected chi connectivity index (χ3v) is 6.52. The summed E-state index contributed by atoms with van der Waals surface area (Å²) in [4.78, 5) is 30.0. The van der Waals surface area contributed by atoms with Crippen molar-refractivity contribution in [2.75, 3.05) is 5.32 Å². The van der Waals surface area contributed by atoms with Crippen LogP contribution in [0.5, 0.6) is 0 Å². The van der Waals surface area contributed by atoms with Gasteiger partial charge in [-0.15, -0.1) is 5.10 Å². The molecule has 178 valence electrons. The minimum Gasteiger partial charge on any atom is -0.345 e.